The molecule has 1 aromatic rings. The Labute approximate surface area is 114 Å². The Morgan fingerprint density at radius 3 is 2.39 bits per heavy atom. The van der Waals surface area contributed by atoms with E-state index in [1.165, 1.54) is 4.90 Å². The van der Waals surface area contributed by atoms with E-state index in [0.717, 1.165) is 17.7 Å². The van der Waals surface area contributed by atoms with E-state index in [4.69, 9.17) is 4.74 Å². The van der Waals surface area contributed by atoms with Gasteiger partial charge in [-0.15, -0.1) is 11.8 Å². The van der Waals surface area contributed by atoms with Crippen molar-refractivity contribution in [1.82, 2.24) is 0 Å². The number of hydrogen-bond acceptors (Lipinski definition) is 3. The highest BCUT2D eigenvalue weighted by Gasteiger charge is 2.18. The molecule has 100 valence electrons. The van der Waals surface area contributed by atoms with Crippen molar-refractivity contribution >= 4 is 17.5 Å². The van der Waals surface area contributed by atoms with Crippen molar-refractivity contribution in [3.8, 4) is 0 Å². The standard InChI is InChI=1S/C15H22O2S/c1-5-18-13-8-6-12(7-9-13)14(16)10-11-15(2,3)17-4/h6-9H,5,10-11H2,1-4H3. The summed E-state index contributed by atoms with van der Waals surface area (Å²) in [5.74, 6) is 1.24. The molecular weight excluding hydrogens is 244 g/mol. The Balaban J connectivity index is 2.56. The average molecular weight is 266 g/mol. The maximum absolute atomic E-state index is 12.0. The monoisotopic (exact) mass is 266 g/mol. The largest absolute Gasteiger partial charge is 0.379 e. The Kier molecular flexibility index (Phi) is 5.89. The summed E-state index contributed by atoms with van der Waals surface area (Å²) in [5, 5.41) is 0. The molecule has 2 nitrogen and oxygen atoms in total. The van der Waals surface area contributed by atoms with Gasteiger partial charge in [-0.1, -0.05) is 19.1 Å². The van der Waals surface area contributed by atoms with Gasteiger partial charge in [0.15, 0.2) is 5.78 Å². The molecule has 0 aliphatic rings. The van der Waals surface area contributed by atoms with Crippen LogP contribution in [0, 0.1) is 0 Å². The van der Waals surface area contributed by atoms with E-state index in [1.54, 1.807) is 18.9 Å². The van der Waals surface area contributed by atoms with Crippen LogP contribution in [-0.4, -0.2) is 24.2 Å². The van der Waals surface area contributed by atoms with Gasteiger partial charge in [0.05, 0.1) is 5.60 Å². The topological polar surface area (TPSA) is 26.3 Å². The summed E-state index contributed by atoms with van der Waals surface area (Å²) in [6, 6.07) is 7.87. The number of methoxy groups -OCH3 is 1. The Hall–Kier alpha value is -0.800. The van der Waals surface area contributed by atoms with Gasteiger partial charge in [0, 0.05) is 24.0 Å². The lowest BCUT2D eigenvalue weighted by Gasteiger charge is -2.22. The van der Waals surface area contributed by atoms with E-state index in [0.29, 0.717) is 6.42 Å². The SMILES string of the molecule is CCSc1ccc(C(=O)CCC(C)(C)OC)cc1. The van der Waals surface area contributed by atoms with E-state index in [9.17, 15) is 4.79 Å². The smallest absolute Gasteiger partial charge is 0.162 e. The number of ether oxygens (including phenoxy) is 1. The van der Waals surface area contributed by atoms with E-state index in [-0.39, 0.29) is 11.4 Å². The average Bonchev–Trinajstić information content (AvgIpc) is 2.37. The van der Waals surface area contributed by atoms with Crippen LogP contribution in [0.15, 0.2) is 29.2 Å². The van der Waals surface area contributed by atoms with Gasteiger partial charge < -0.3 is 4.74 Å². The number of rotatable bonds is 7. The van der Waals surface area contributed by atoms with Crippen molar-refractivity contribution < 1.29 is 9.53 Å². The van der Waals surface area contributed by atoms with Crippen LogP contribution in [0.3, 0.4) is 0 Å². The van der Waals surface area contributed by atoms with Crippen molar-refractivity contribution in [2.45, 2.75) is 44.1 Å². The van der Waals surface area contributed by atoms with Crippen LogP contribution in [0.4, 0.5) is 0 Å². The predicted octanol–water partition coefficient (Wildman–Crippen LogP) is 4.19. The van der Waals surface area contributed by atoms with Crippen molar-refractivity contribution in [2.75, 3.05) is 12.9 Å². The number of thioether (sulfide) groups is 1. The molecule has 0 spiro atoms. The third-order valence-corrected chi connectivity index (χ3v) is 3.89. The first-order valence-corrected chi connectivity index (χ1v) is 7.28. The van der Waals surface area contributed by atoms with E-state index >= 15 is 0 Å². The fraction of sp³-hybridized carbons (Fsp3) is 0.533. The van der Waals surface area contributed by atoms with Crippen molar-refractivity contribution in [2.24, 2.45) is 0 Å². The zero-order valence-electron chi connectivity index (χ0n) is 11.7. The molecule has 0 amide bonds. The van der Waals surface area contributed by atoms with Crippen molar-refractivity contribution in [1.29, 1.82) is 0 Å². The maximum Gasteiger partial charge on any atom is 0.162 e. The van der Waals surface area contributed by atoms with Gasteiger partial charge in [0.25, 0.3) is 0 Å². The highest BCUT2D eigenvalue weighted by Crippen LogP contribution is 2.20. The Bertz CT molecular complexity index is 382. The van der Waals surface area contributed by atoms with Gasteiger partial charge in [-0.05, 0) is 38.2 Å². The number of benzene rings is 1. The first-order chi connectivity index (χ1) is 8.48. The molecule has 0 fully saturated rings. The molecule has 1 aromatic carbocycles. The summed E-state index contributed by atoms with van der Waals surface area (Å²) in [5.41, 5.74) is 0.565. The second kappa shape index (κ2) is 6.95. The molecule has 0 saturated heterocycles. The predicted molar refractivity (Wildman–Crippen MR) is 77.5 cm³/mol. The molecule has 3 heteroatoms. The molecule has 1 rings (SSSR count). The highest BCUT2D eigenvalue weighted by molar-refractivity contribution is 7.99. The van der Waals surface area contributed by atoms with Crippen LogP contribution in [0.25, 0.3) is 0 Å². The number of hydrogen-bond donors (Lipinski definition) is 0. The lowest BCUT2D eigenvalue weighted by atomic mass is 9.98. The molecule has 0 unspecified atom stereocenters. The highest BCUT2D eigenvalue weighted by atomic mass is 32.2. The molecule has 0 saturated carbocycles. The third-order valence-electron chi connectivity index (χ3n) is 2.99. The van der Waals surface area contributed by atoms with Crippen molar-refractivity contribution in [3.05, 3.63) is 29.8 Å². The minimum Gasteiger partial charge on any atom is -0.379 e. The van der Waals surface area contributed by atoms with Crippen LogP contribution >= 0.6 is 11.8 Å². The molecule has 0 N–H and O–H groups in total. The quantitative estimate of drug-likeness (QED) is 0.547. The third kappa shape index (κ3) is 4.83. The molecule has 0 atom stereocenters. The number of Topliss-reactive ketones (excluding diaryl/α,β-unsaturated/α-hetero) is 1. The van der Waals surface area contributed by atoms with Crippen LogP contribution in [0.5, 0.6) is 0 Å². The molecule has 0 aliphatic carbocycles. The molecular formula is C15H22O2S. The van der Waals surface area contributed by atoms with Gasteiger partial charge in [-0.25, -0.2) is 0 Å². The second-order valence-electron chi connectivity index (χ2n) is 4.84. The Morgan fingerprint density at radius 2 is 1.89 bits per heavy atom. The van der Waals surface area contributed by atoms with Crippen LogP contribution in [-0.2, 0) is 4.74 Å². The first kappa shape index (κ1) is 15.3. The number of carbonyl (C=O) groups excluding carboxylic acids is 1. The fourth-order valence-electron chi connectivity index (χ4n) is 1.56. The second-order valence-corrected chi connectivity index (χ2v) is 6.18. The van der Waals surface area contributed by atoms with Crippen LogP contribution < -0.4 is 0 Å². The van der Waals surface area contributed by atoms with Crippen LogP contribution in [0.1, 0.15) is 44.0 Å². The first-order valence-electron chi connectivity index (χ1n) is 6.29. The maximum atomic E-state index is 12.0. The molecule has 0 aliphatic heterocycles. The molecule has 0 heterocycles. The zero-order valence-corrected chi connectivity index (χ0v) is 12.5. The molecule has 0 radical (unpaired) electrons. The normalized spacial score (nSPS) is 11.6. The summed E-state index contributed by atoms with van der Waals surface area (Å²) in [7, 11) is 1.68. The summed E-state index contributed by atoms with van der Waals surface area (Å²) >= 11 is 1.79. The summed E-state index contributed by atoms with van der Waals surface area (Å²) < 4.78 is 5.32. The zero-order chi connectivity index (χ0) is 13.6. The van der Waals surface area contributed by atoms with E-state index < -0.39 is 0 Å². The summed E-state index contributed by atoms with van der Waals surface area (Å²) in [4.78, 5) is 13.2. The van der Waals surface area contributed by atoms with Gasteiger partial charge >= 0.3 is 0 Å². The van der Waals surface area contributed by atoms with Crippen LogP contribution in [0.2, 0.25) is 0 Å². The molecule has 0 bridgehead atoms. The lowest BCUT2D eigenvalue weighted by molar-refractivity contribution is 0.0141. The number of ketones is 1. The lowest BCUT2D eigenvalue weighted by Crippen LogP contribution is -2.23. The minimum absolute atomic E-state index is 0.188. The van der Waals surface area contributed by atoms with E-state index in [2.05, 4.69) is 6.92 Å². The summed E-state index contributed by atoms with van der Waals surface area (Å²) in [6.45, 7) is 6.12. The van der Waals surface area contributed by atoms with Gasteiger partial charge in [0.1, 0.15) is 0 Å². The van der Waals surface area contributed by atoms with Crippen molar-refractivity contribution in [3.63, 3.8) is 0 Å². The van der Waals surface area contributed by atoms with Gasteiger partial charge in [-0.2, -0.15) is 0 Å². The van der Waals surface area contributed by atoms with Gasteiger partial charge in [-0.3, -0.25) is 4.79 Å². The minimum atomic E-state index is -0.229. The van der Waals surface area contributed by atoms with E-state index in [1.807, 2.05) is 38.1 Å². The summed E-state index contributed by atoms with van der Waals surface area (Å²) in [6.07, 6.45) is 1.27. The fourth-order valence-corrected chi connectivity index (χ4v) is 2.23. The van der Waals surface area contributed by atoms with Gasteiger partial charge in [0.2, 0.25) is 0 Å². The molecule has 0 aromatic heterocycles. The Morgan fingerprint density at radius 1 is 1.28 bits per heavy atom. The molecule has 18 heavy (non-hydrogen) atoms. The number of carbonyl (C=O) groups is 1.